The van der Waals surface area contributed by atoms with E-state index in [2.05, 4.69) is 16.0 Å². The molecule has 5 nitrogen and oxygen atoms in total. The van der Waals surface area contributed by atoms with Crippen LogP contribution in [-0.2, 0) is 16.6 Å². The maximum Gasteiger partial charge on any atom is 0.217 e. The van der Waals surface area contributed by atoms with E-state index in [1.807, 2.05) is 16.6 Å². The highest BCUT2D eigenvalue weighted by atomic mass is 32.2. The first kappa shape index (κ1) is 15.5. The number of sulfonamides is 1. The molecule has 1 aliphatic carbocycles. The summed E-state index contributed by atoms with van der Waals surface area (Å²) in [5.41, 5.74) is 1.06. The molecule has 0 N–H and O–H groups in total. The summed E-state index contributed by atoms with van der Waals surface area (Å²) in [6.45, 7) is 3.51. The lowest BCUT2D eigenvalue weighted by Crippen LogP contribution is -2.57. The molecule has 3 heterocycles. The van der Waals surface area contributed by atoms with Crippen molar-refractivity contribution in [1.82, 2.24) is 14.2 Å². The summed E-state index contributed by atoms with van der Waals surface area (Å²) < 4.78 is 27.6. The van der Waals surface area contributed by atoms with Gasteiger partial charge < -0.3 is 0 Å². The molecule has 0 unspecified atom stereocenters. The highest BCUT2D eigenvalue weighted by Gasteiger charge is 2.52. The van der Waals surface area contributed by atoms with Crippen LogP contribution in [0.2, 0.25) is 0 Å². The molecule has 0 aromatic carbocycles. The molecule has 1 aromatic rings. The van der Waals surface area contributed by atoms with Gasteiger partial charge in [0.15, 0.2) is 0 Å². The highest BCUT2D eigenvalue weighted by Crippen LogP contribution is 2.43. The van der Waals surface area contributed by atoms with E-state index in [4.69, 9.17) is 0 Å². The third kappa shape index (κ3) is 2.92. The van der Waals surface area contributed by atoms with Crippen LogP contribution in [0, 0.1) is 0 Å². The molecule has 3 aliphatic rings. The minimum atomic E-state index is -3.08. The van der Waals surface area contributed by atoms with Crippen LogP contribution in [-0.4, -0.2) is 53.0 Å². The monoisotopic (exact) mass is 335 g/mol. The minimum absolute atomic E-state index is 0.0915. The molecule has 126 valence electrons. The number of nitrogens with zero attached hydrogens (tertiary/aromatic N) is 3. The quantitative estimate of drug-likeness (QED) is 0.844. The Morgan fingerprint density at radius 1 is 1.22 bits per heavy atom. The van der Waals surface area contributed by atoms with Gasteiger partial charge in [0.2, 0.25) is 10.0 Å². The zero-order chi connectivity index (χ0) is 15.9. The third-order valence-corrected chi connectivity index (χ3v) is 8.05. The summed E-state index contributed by atoms with van der Waals surface area (Å²) in [6, 6.07) is 4.07. The first-order chi connectivity index (χ1) is 11.1. The van der Waals surface area contributed by atoms with Crippen molar-refractivity contribution in [2.24, 2.45) is 0 Å². The average Bonchev–Trinajstić information content (AvgIpc) is 3.32. The van der Waals surface area contributed by atoms with Crippen molar-refractivity contribution in [3.05, 3.63) is 30.1 Å². The SMILES string of the molecule is O=S(=O)(C1CC1)N1CCC[C@@]12CCCN(Cc1cccnc1)C2. The number of hydrogen-bond donors (Lipinski definition) is 0. The summed E-state index contributed by atoms with van der Waals surface area (Å²) in [5, 5.41) is -0.0915. The zero-order valence-electron chi connectivity index (χ0n) is 13.5. The van der Waals surface area contributed by atoms with Crippen LogP contribution in [0.15, 0.2) is 24.5 Å². The molecule has 0 radical (unpaired) electrons. The summed E-state index contributed by atoms with van der Waals surface area (Å²) in [7, 11) is -3.08. The standard InChI is InChI=1S/C17H25N3O2S/c21-23(22,16-5-6-16)20-11-3-8-17(20)7-2-10-19(14-17)13-15-4-1-9-18-12-15/h1,4,9,12,16H,2-3,5-8,10-11,13-14H2/t17-/m1/s1. The molecule has 4 rings (SSSR count). The van der Waals surface area contributed by atoms with Crippen LogP contribution >= 0.6 is 0 Å². The second-order valence-corrected chi connectivity index (χ2v) is 9.46. The van der Waals surface area contributed by atoms with E-state index in [1.165, 1.54) is 5.56 Å². The van der Waals surface area contributed by atoms with E-state index >= 15 is 0 Å². The van der Waals surface area contributed by atoms with Gasteiger partial charge in [-0.2, -0.15) is 4.31 Å². The Labute approximate surface area is 138 Å². The van der Waals surface area contributed by atoms with Crippen LogP contribution in [0.4, 0.5) is 0 Å². The second-order valence-electron chi connectivity index (χ2n) is 7.32. The molecule has 2 aliphatic heterocycles. The average molecular weight is 335 g/mol. The summed E-state index contributed by atoms with van der Waals surface area (Å²) in [6.07, 6.45) is 9.54. The van der Waals surface area contributed by atoms with Crippen molar-refractivity contribution in [3.63, 3.8) is 0 Å². The molecule has 2 saturated heterocycles. The molecule has 23 heavy (non-hydrogen) atoms. The van der Waals surface area contributed by atoms with Gasteiger partial charge in [-0.25, -0.2) is 8.42 Å². The van der Waals surface area contributed by atoms with Gasteiger partial charge in [0, 0.05) is 37.6 Å². The topological polar surface area (TPSA) is 53.5 Å². The number of piperidine rings is 1. The fourth-order valence-electron chi connectivity index (χ4n) is 4.36. The lowest BCUT2D eigenvalue weighted by Gasteiger charge is -2.45. The Morgan fingerprint density at radius 3 is 2.70 bits per heavy atom. The minimum Gasteiger partial charge on any atom is -0.297 e. The van der Waals surface area contributed by atoms with Gasteiger partial charge in [0.1, 0.15) is 0 Å². The lowest BCUT2D eigenvalue weighted by molar-refractivity contribution is 0.0836. The molecule has 1 aromatic heterocycles. The number of likely N-dealkylation sites (tertiary alicyclic amines) is 1. The van der Waals surface area contributed by atoms with Crippen molar-refractivity contribution in [3.8, 4) is 0 Å². The molecule has 3 fully saturated rings. The Morgan fingerprint density at radius 2 is 2.00 bits per heavy atom. The lowest BCUT2D eigenvalue weighted by atomic mass is 9.87. The fraction of sp³-hybridized carbons (Fsp3) is 0.706. The summed E-state index contributed by atoms with van der Waals surface area (Å²) in [5.74, 6) is 0. The first-order valence-electron chi connectivity index (χ1n) is 8.73. The van der Waals surface area contributed by atoms with Crippen molar-refractivity contribution >= 4 is 10.0 Å². The van der Waals surface area contributed by atoms with Crippen molar-refractivity contribution in [2.45, 2.75) is 55.9 Å². The van der Waals surface area contributed by atoms with Crippen LogP contribution in [0.25, 0.3) is 0 Å². The van der Waals surface area contributed by atoms with Crippen LogP contribution in [0.5, 0.6) is 0 Å². The van der Waals surface area contributed by atoms with Crippen LogP contribution in [0.1, 0.15) is 44.1 Å². The van der Waals surface area contributed by atoms with Gasteiger partial charge >= 0.3 is 0 Å². The van der Waals surface area contributed by atoms with Crippen LogP contribution < -0.4 is 0 Å². The predicted octanol–water partition coefficient (Wildman–Crippen LogP) is 2.00. The van der Waals surface area contributed by atoms with Crippen LogP contribution in [0.3, 0.4) is 0 Å². The summed E-state index contributed by atoms with van der Waals surface area (Å²) >= 11 is 0. The molecule has 1 spiro atoms. The number of aromatic nitrogens is 1. The predicted molar refractivity (Wildman–Crippen MR) is 89.4 cm³/mol. The Hall–Kier alpha value is -0.980. The van der Waals surface area contributed by atoms with E-state index in [1.54, 1.807) is 6.20 Å². The van der Waals surface area contributed by atoms with Crippen molar-refractivity contribution in [2.75, 3.05) is 19.6 Å². The highest BCUT2D eigenvalue weighted by molar-refractivity contribution is 7.90. The molecule has 0 amide bonds. The second kappa shape index (κ2) is 5.83. The van der Waals surface area contributed by atoms with E-state index in [-0.39, 0.29) is 10.8 Å². The third-order valence-electron chi connectivity index (χ3n) is 5.55. The summed E-state index contributed by atoms with van der Waals surface area (Å²) in [4.78, 5) is 6.61. The van der Waals surface area contributed by atoms with E-state index < -0.39 is 10.0 Å². The fourth-order valence-corrected chi connectivity index (χ4v) is 6.61. The van der Waals surface area contributed by atoms with Crippen molar-refractivity contribution < 1.29 is 8.42 Å². The zero-order valence-corrected chi connectivity index (χ0v) is 14.3. The van der Waals surface area contributed by atoms with E-state index in [0.29, 0.717) is 0 Å². The van der Waals surface area contributed by atoms with Gasteiger partial charge in [-0.05, 0) is 56.7 Å². The number of pyridine rings is 1. The van der Waals surface area contributed by atoms with Gasteiger partial charge in [-0.15, -0.1) is 0 Å². The Balaban J connectivity index is 1.53. The van der Waals surface area contributed by atoms with Crippen molar-refractivity contribution in [1.29, 1.82) is 0 Å². The number of rotatable bonds is 4. The Bertz CT molecular complexity index is 660. The van der Waals surface area contributed by atoms with Gasteiger partial charge in [-0.1, -0.05) is 6.07 Å². The van der Waals surface area contributed by atoms with Gasteiger partial charge in [0.05, 0.1) is 5.25 Å². The number of hydrogen-bond acceptors (Lipinski definition) is 4. The molecule has 0 bridgehead atoms. The first-order valence-corrected chi connectivity index (χ1v) is 10.2. The van der Waals surface area contributed by atoms with E-state index in [0.717, 1.165) is 64.7 Å². The Kier molecular flexibility index (Phi) is 3.94. The van der Waals surface area contributed by atoms with Gasteiger partial charge in [0.25, 0.3) is 0 Å². The van der Waals surface area contributed by atoms with E-state index in [9.17, 15) is 8.42 Å². The normalized spacial score (nSPS) is 30.1. The molecule has 1 atom stereocenters. The molecular formula is C17H25N3O2S. The smallest absolute Gasteiger partial charge is 0.217 e. The molecular weight excluding hydrogens is 310 g/mol. The van der Waals surface area contributed by atoms with Gasteiger partial charge in [-0.3, -0.25) is 9.88 Å². The molecule has 6 heteroatoms. The maximum atomic E-state index is 12.8. The maximum absolute atomic E-state index is 12.8. The molecule has 1 saturated carbocycles. The largest absolute Gasteiger partial charge is 0.297 e.